The van der Waals surface area contributed by atoms with Crippen molar-refractivity contribution in [3.63, 3.8) is 0 Å². The van der Waals surface area contributed by atoms with E-state index in [0.717, 1.165) is 16.3 Å². The SMILES string of the molecule is COc1ccc(CN2C(=O)C(=O)/C(=C(/O)c3ccc4ccccc4c3)C2c2ccc(OC)c(OC)c2)cc1. The Morgan fingerprint density at radius 3 is 2.18 bits per heavy atom. The summed E-state index contributed by atoms with van der Waals surface area (Å²) in [6.07, 6.45) is 0. The molecule has 192 valence electrons. The molecule has 1 aliphatic rings. The van der Waals surface area contributed by atoms with E-state index in [1.165, 1.54) is 19.1 Å². The van der Waals surface area contributed by atoms with Gasteiger partial charge in [0.25, 0.3) is 11.7 Å². The molecule has 1 heterocycles. The average Bonchev–Trinajstić information content (AvgIpc) is 3.21. The molecule has 1 unspecified atom stereocenters. The van der Waals surface area contributed by atoms with Crippen LogP contribution in [0.4, 0.5) is 0 Å². The van der Waals surface area contributed by atoms with Crippen molar-refractivity contribution >= 4 is 28.2 Å². The second-order valence-electron chi connectivity index (χ2n) is 8.95. The van der Waals surface area contributed by atoms with Crippen LogP contribution < -0.4 is 14.2 Å². The Morgan fingerprint density at radius 1 is 0.789 bits per heavy atom. The Hall–Kier alpha value is -4.78. The van der Waals surface area contributed by atoms with Gasteiger partial charge in [-0.15, -0.1) is 0 Å². The maximum atomic E-state index is 13.5. The predicted molar refractivity (Wildman–Crippen MR) is 144 cm³/mol. The molecule has 7 heteroatoms. The molecule has 0 bridgehead atoms. The van der Waals surface area contributed by atoms with E-state index in [9.17, 15) is 14.7 Å². The molecule has 1 amide bonds. The fraction of sp³-hybridized carbons (Fsp3) is 0.161. The Kier molecular flexibility index (Phi) is 6.75. The number of carbonyl (C=O) groups is 2. The molecular formula is C31H27NO6. The molecule has 0 spiro atoms. The second kappa shape index (κ2) is 10.3. The number of fused-ring (bicyclic) bond motifs is 1. The number of benzene rings is 4. The van der Waals surface area contributed by atoms with Crippen LogP contribution in [0.1, 0.15) is 22.7 Å². The molecule has 5 rings (SSSR count). The number of Topliss-reactive ketones (excluding diaryl/α,β-unsaturated/α-hetero) is 1. The second-order valence-corrected chi connectivity index (χ2v) is 8.95. The molecule has 4 aromatic carbocycles. The van der Waals surface area contributed by atoms with Gasteiger partial charge in [0.05, 0.1) is 32.9 Å². The molecule has 1 aliphatic heterocycles. The number of amides is 1. The third kappa shape index (κ3) is 4.43. The number of ether oxygens (including phenoxy) is 3. The van der Waals surface area contributed by atoms with Crippen LogP contribution in [0.3, 0.4) is 0 Å². The summed E-state index contributed by atoms with van der Waals surface area (Å²) in [7, 11) is 4.63. The highest BCUT2D eigenvalue weighted by Crippen LogP contribution is 2.43. The third-order valence-corrected chi connectivity index (χ3v) is 6.80. The first-order valence-electron chi connectivity index (χ1n) is 12.1. The lowest BCUT2D eigenvalue weighted by Gasteiger charge is -2.26. The number of aliphatic hydroxyl groups is 1. The van der Waals surface area contributed by atoms with Crippen LogP contribution in [0.2, 0.25) is 0 Å². The molecule has 38 heavy (non-hydrogen) atoms. The maximum Gasteiger partial charge on any atom is 0.295 e. The third-order valence-electron chi connectivity index (χ3n) is 6.80. The van der Waals surface area contributed by atoms with Crippen LogP contribution >= 0.6 is 0 Å². The van der Waals surface area contributed by atoms with Gasteiger partial charge in [-0.25, -0.2) is 0 Å². The van der Waals surface area contributed by atoms with Gasteiger partial charge in [-0.05, 0) is 52.2 Å². The van der Waals surface area contributed by atoms with Crippen LogP contribution in [0.5, 0.6) is 17.2 Å². The lowest BCUT2D eigenvalue weighted by atomic mass is 9.94. The summed E-state index contributed by atoms with van der Waals surface area (Å²) in [5, 5.41) is 13.4. The zero-order chi connectivity index (χ0) is 26.8. The average molecular weight is 510 g/mol. The van der Waals surface area contributed by atoms with Gasteiger partial charge in [-0.1, -0.05) is 54.6 Å². The molecule has 4 aromatic rings. The summed E-state index contributed by atoms with van der Waals surface area (Å²) in [6.45, 7) is 0.155. The Morgan fingerprint density at radius 2 is 1.50 bits per heavy atom. The minimum absolute atomic E-state index is 0.0195. The van der Waals surface area contributed by atoms with Gasteiger partial charge in [0.2, 0.25) is 0 Å². The van der Waals surface area contributed by atoms with E-state index < -0.39 is 17.7 Å². The van der Waals surface area contributed by atoms with Gasteiger partial charge in [0, 0.05) is 12.1 Å². The number of rotatable bonds is 7. The highest BCUT2D eigenvalue weighted by Gasteiger charge is 2.46. The first-order valence-corrected chi connectivity index (χ1v) is 12.1. The summed E-state index contributed by atoms with van der Waals surface area (Å²) >= 11 is 0. The van der Waals surface area contributed by atoms with Crippen molar-refractivity contribution in [1.29, 1.82) is 0 Å². The van der Waals surface area contributed by atoms with E-state index in [-0.39, 0.29) is 17.9 Å². The van der Waals surface area contributed by atoms with Gasteiger partial charge >= 0.3 is 0 Å². The van der Waals surface area contributed by atoms with Crippen LogP contribution in [0.25, 0.3) is 16.5 Å². The van der Waals surface area contributed by atoms with Crippen LogP contribution in [-0.2, 0) is 16.1 Å². The highest BCUT2D eigenvalue weighted by atomic mass is 16.5. The minimum Gasteiger partial charge on any atom is -0.507 e. The zero-order valence-corrected chi connectivity index (χ0v) is 21.3. The molecule has 0 aliphatic carbocycles. The van der Waals surface area contributed by atoms with Gasteiger partial charge in [-0.3, -0.25) is 9.59 Å². The Balaban J connectivity index is 1.66. The molecule has 0 radical (unpaired) electrons. The molecule has 1 fully saturated rings. The van der Waals surface area contributed by atoms with Crippen molar-refractivity contribution in [2.75, 3.05) is 21.3 Å². The quantitative estimate of drug-likeness (QED) is 0.202. The Bertz CT molecular complexity index is 1560. The highest BCUT2D eigenvalue weighted by molar-refractivity contribution is 6.46. The number of hydrogen-bond donors (Lipinski definition) is 1. The van der Waals surface area contributed by atoms with Crippen molar-refractivity contribution in [2.24, 2.45) is 0 Å². The molecule has 7 nitrogen and oxygen atoms in total. The number of ketones is 1. The van der Waals surface area contributed by atoms with Crippen molar-refractivity contribution in [1.82, 2.24) is 4.90 Å². The van der Waals surface area contributed by atoms with E-state index in [1.807, 2.05) is 48.5 Å². The topological polar surface area (TPSA) is 85.3 Å². The Labute approximate surface area is 220 Å². The number of aliphatic hydroxyl groups excluding tert-OH is 1. The molecule has 1 atom stereocenters. The monoisotopic (exact) mass is 509 g/mol. The van der Waals surface area contributed by atoms with Crippen molar-refractivity contribution in [2.45, 2.75) is 12.6 Å². The van der Waals surface area contributed by atoms with Crippen molar-refractivity contribution < 1.29 is 28.9 Å². The predicted octanol–water partition coefficient (Wildman–Crippen LogP) is 5.49. The molecule has 0 aromatic heterocycles. The normalized spacial score (nSPS) is 16.6. The summed E-state index contributed by atoms with van der Waals surface area (Å²) in [4.78, 5) is 28.3. The maximum absolute atomic E-state index is 13.5. The van der Waals surface area contributed by atoms with Crippen molar-refractivity contribution in [3.8, 4) is 17.2 Å². The number of likely N-dealkylation sites (tertiary alicyclic amines) is 1. The lowest BCUT2D eigenvalue weighted by molar-refractivity contribution is -0.140. The van der Waals surface area contributed by atoms with E-state index in [2.05, 4.69) is 0 Å². The van der Waals surface area contributed by atoms with Crippen molar-refractivity contribution in [3.05, 3.63) is 107 Å². The zero-order valence-electron chi connectivity index (χ0n) is 21.3. The van der Waals surface area contributed by atoms with Crippen LogP contribution in [-0.4, -0.2) is 43.0 Å². The molecule has 1 saturated heterocycles. The van der Waals surface area contributed by atoms with Crippen LogP contribution in [0, 0.1) is 0 Å². The summed E-state index contributed by atoms with van der Waals surface area (Å²) in [5.74, 6) is -0.0230. The first kappa shape index (κ1) is 24.9. The fourth-order valence-corrected chi connectivity index (χ4v) is 4.83. The van der Waals surface area contributed by atoms with Gasteiger partial charge in [0.1, 0.15) is 11.5 Å². The number of nitrogens with zero attached hydrogens (tertiary/aromatic N) is 1. The lowest BCUT2D eigenvalue weighted by Crippen LogP contribution is -2.29. The number of methoxy groups -OCH3 is 3. The van der Waals surface area contributed by atoms with Gasteiger partial charge in [0.15, 0.2) is 11.5 Å². The van der Waals surface area contributed by atoms with Gasteiger partial charge in [-0.2, -0.15) is 0 Å². The largest absolute Gasteiger partial charge is 0.507 e. The molecule has 0 saturated carbocycles. The van der Waals surface area contributed by atoms with Crippen LogP contribution in [0.15, 0.2) is 90.5 Å². The molecule has 1 N–H and O–H groups in total. The van der Waals surface area contributed by atoms with E-state index in [1.54, 1.807) is 43.5 Å². The number of hydrogen-bond acceptors (Lipinski definition) is 6. The fourth-order valence-electron chi connectivity index (χ4n) is 4.83. The minimum atomic E-state index is -0.844. The first-order chi connectivity index (χ1) is 18.4. The summed E-state index contributed by atoms with van der Waals surface area (Å²) < 4.78 is 16.1. The van der Waals surface area contributed by atoms with E-state index in [0.29, 0.717) is 28.4 Å². The molecular weight excluding hydrogens is 482 g/mol. The van der Waals surface area contributed by atoms with Gasteiger partial charge < -0.3 is 24.2 Å². The van der Waals surface area contributed by atoms with E-state index >= 15 is 0 Å². The smallest absolute Gasteiger partial charge is 0.295 e. The summed E-state index contributed by atoms with van der Waals surface area (Å²) in [5.41, 5.74) is 1.89. The number of carbonyl (C=O) groups excluding carboxylic acids is 2. The summed E-state index contributed by atoms with van der Waals surface area (Å²) in [6, 6.07) is 24.8. The standard InChI is InChI=1S/C31H27NO6/c1-36-24-13-8-19(9-14-24)18-32-28(22-12-15-25(37-2)26(17-22)38-3)27(30(34)31(32)35)29(33)23-11-10-20-6-4-5-7-21(20)16-23/h4-17,28,33H,18H2,1-3H3/b29-27+. The van der Waals surface area contributed by atoms with E-state index in [4.69, 9.17) is 14.2 Å².